The molecule has 0 bridgehead atoms. The molecule has 0 amide bonds. The van der Waals surface area contributed by atoms with Crippen LogP contribution in [0.5, 0.6) is 0 Å². The highest BCUT2D eigenvalue weighted by Crippen LogP contribution is 2.27. The summed E-state index contributed by atoms with van der Waals surface area (Å²) in [5.41, 5.74) is 0. The summed E-state index contributed by atoms with van der Waals surface area (Å²) in [6, 6.07) is 0. The molecule has 1 heterocycles. The van der Waals surface area contributed by atoms with Gasteiger partial charge in [-0.15, -0.1) is 0 Å². The van der Waals surface area contributed by atoms with E-state index in [0.717, 1.165) is 0 Å². The Labute approximate surface area is 76.6 Å². The van der Waals surface area contributed by atoms with Crippen molar-refractivity contribution in [2.45, 2.75) is 37.9 Å². The van der Waals surface area contributed by atoms with E-state index in [1.54, 1.807) is 6.92 Å². The maximum Gasteiger partial charge on any atom is 0.181 e. The second-order valence-corrected chi connectivity index (χ2v) is 3.30. The first-order chi connectivity index (χ1) is 6.11. The quantitative estimate of drug-likeness (QED) is 0.425. The summed E-state index contributed by atoms with van der Waals surface area (Å²) >= 11 is 0. The summed E-state index contributed by atoms with van der Waals surface area (Å²) in [6.07, 6.45) is -3.59. The largest absolute Gasteiger partial charge is 0.394 e. The average Bonchev–Trinajstić information content (AvgIpc) is 2.12. The molecule has 0 saturated carbocycles. The molecule has 1 rings (SSSR count). The molecular weight excluding hydrogens is 176 g/mol. The topological polar surface area (TPSA) is 90.2 Å². The van der Waals surface area contributed by atoms with Crippen molar-refractivity contribution in [2.24, 2.45) is 5.92 Å². The van der Waals surface area contributed by atoms with E-state index in [1.807, 2.05) is 0 Å². The lowest BCUT2D eigenvalue weighted by Gasteiger charge is -2.39. The summed E-state index contributed by atoms with van der Waals surface area (Å²) in [7, 11) is 0. The molecule has 0 aromatic carbocycles. The molecule has 4 N–H and O–H groups in total. The number of ether oxygens (including phenoxy) is 1. The van der Waals surface area contributed by atoms with E-state index in [2.05, 4.69) is 0 Å². The molecule has 0 aromatic rings. The van der Waals surface area contributed by atoms with Gasteiger partial charge in [0, 0.05) is 5.92 Å². The zero-order valence-electron chi connectivity index (χ0n) is 7.50. The van der Waals surface area contributed by atoms with E-state index < -0.39 is 30.5 Å². The van der Waals surface area contributed by atoms with Crippen LogP contribution in [-0.4, -0.2) is 51.6 Å². The molecule has 5 nitrogen and oxygen atoms in total. The van der Waals surface area contributed by atoms with Gasteiger partial charge in [-0.25, -0.2) is 0 Å². The van der Waals surface area contributed by atoms with Crippen LogP contribution in [0.4, 0.5) is 0 Å². The fraction of sp³-hybridized carbons (Fsp3) is 1.00. The average molecular weight is 192 g/mol. The van der Waals surface area contributed by atoms with E-state index in [9.17, 15) is 15.3 Å². The standard InChI is InChI=1S/C8H16O5/c1-2-4-6(10)5(3-9)13-8(12)7(4)11/h4-12H,2-3H2,1H3. The van der Waals surface area contributed by atoms with Crippen LogP contribution in [0.25, 0.3) is 0 Å². The molecule has 78 valence electrons. The zero-order valence-corrected chi connectivity index (χ0v) is 7.50. The van der Waals surface area contributed by atoms with Crippen LogP contribution in [0.3, 0.4) is 0 Å². The normalized spacial score (nSPS) is 46.4. The Morgan fingerprint density at radius 3 is 2.23 bits per heavy atom. The van der Waals surface area contributed by atoms with Crippen LogP contribution >= 0.6 is 0 Å². The van der Waals surface area contributed by atoms with Gasteiger partial charge in [0.2, 0.25) is 0 Å². The second kappa shape index (κ2) is 4.34. The van der Waals surface area contributed by atoms with Crippen molar-refractivity contribution in [3.8, 4) is 0 Å². The summed E-state index contributed by atoms with van der Waals surface area (Å²) in [6.45, 7) is 1.44. The lowest BCUT2D eigenvalue weighted by Crippen LogP contribution is -2.55. The van der Waals surface area contributed by atoms with Gasteiger partial charge >= 0.3 is 0 Å². The number of aliphatic hydroxyl groups is 4. The van der Waals surface area contributed by atoms with E-state index in [4.69, 9.17) is 9.84 Å². The molecule has 0 radical (unpaired) electrons. The van der Waals surface area contributed by atoms with Crippen molar-refractivity contribution in [2.75, 3.05) is 6.61 Å². The smallest absolute Gasteiger partial charge is 0.181 e. The van der Waals surface area contributed by atoms with Crippen molar-refractivity contribution < 1.29 is 25.2 Å². The van der Waals surface area contributed by atoms with Gasteiger partial charge in [-0.3, -0.25) is 0 Å². The van der Waals surface area contributed by atoms with Gasteiger partial charge in [-0.2, -0.15) is 0 Å². The highest BCUT2D eigenvalue weighted by molar-refractivity contribution is 4.87. The van der Waals surface area contributed by atoms with E-state index in [0.29, 0.717) is 6.42 Å². The van der Waals surface area contributed by atoms with Crippen LogP contribution in [0.1, 0.15) is 13.3 Å². The Morgan fingerprint density at radius 2 is 1.77 bits per heavy atom. The molecule has 0 aromatic heterocycles. The van der Waals surface area contributed by atoms with Gasteiger partial charge in [-0.05, 0) is 6.42 Å². The van der Waals surface area contributed by atoms with Gasteiger partial charge in [0.05, 0.1) is 12.7 Å². The Balaban J connectivity index is 2.69. The molecule has 1 saturated heterocycles. The third-order valence-electron chi connectivity index (χ3n) is 2.52. The molecule has 5 heteroatoms. The highest BCUT2D eigenvalue weighted by atomic mass is 16.6. The SMILES string of the molecule is CCC1C(O)C(O)OC(CO)C1O. The summed E-state index contributed by atoms with van der Waals surface area (Å²) < 4.78 is 4.80. The number of hydrogen-bond donors (Lipinski definition) is 4. The lowest BCUT2D eigenvalue weighted by molar-refractivity contribution is -0.274. The van der Waals surface area contributed by atoms with Crippen LogP contribution in [0, 0.1) is 5.92 Å². The van der Waals surface area contributed by atoms with Gasteiger partial charge in [0.15, 0.2) is 6.29 Å². The minimum Gasteiger partial charge on any atom is -0.394 e. The summed E-state index contributed by atoms with van der Waals surface area (Å²) in [5, 5.41) is 37.0. The fourth-order valence-electron chi connectivity index (χ4n) is 1.66. The van der Waals surface area contributed by atoms with Crippen molar-refractivity contribution in [3.05, 3.63) is 0 Å². The maximum absolute atomic E-state index is 9.56. The van der Waals surface area contributed by atoms with E-state index in [1.165, 1.54) is 0 Å². The second-order valence-electron chi connectivity index (χ2n) is 3.30. The zero-order chi connectivity index (χ0) is 10.0. The lowest BCUT2D eigenvalue weighted by atomic mass is 9.87. The van der Waals surface area contributed by atoms with Gasteiger partial charge < -0.3 is 25.2 Å². The van der Waals surface area contributed by atoms with Gasteiger partial charge in [0.25, 0.3) is 0 Å². The Kier molecular flexibility index (Phi) is 3.63. The van der Waals surface area contributed by atoms with Crippen molar-refractivity contribution in [1.29, 1.82) is 0 Å². The predicted octanol–water partition coefficient (Wildman–Crippen LogP) is -1.56. The van der Waals surface area contributed by atoms with Crippen LogP contribution in [-0.2, 0) is 4.74 Å². The molecule has 1 aliphatic rings. The van der Waals surface area contributed by atoms with E-state index >= 15 is 0 Å². The van der Waals surface area contributed by atoms with E-state index in [-0.39, 0.29) is 6.61 Å². The monoisotopic (exact) mass is 192 g/mol. The number of aliphatic hydroxyl groups excluding tert-OH is 4. The minimum atomic E-state index is -1.31. The Hall–Kier alpha value is -0.200. The highest BCUT2D eigenvalue weighted by Gasteiger charge is 2.42. The Morgan fingerprint density at radius 1 is 1.15 bits per heavy atom. The first-order valence-corrected chi connectivity index (χ1v) is 4.42. The minimum absolute atomic E-state index is 0.360. The third-order valence-corrected chi connectivity index (χ3v) is 2.52. The molecular formula is C8H16O5. The first-order valence-electron chi connectivity index (χ1n) is 4.42. The molecule has 1 fully saturated rings. The first kappa shape index (κ1) is 10.9. The predicted molar refractivity (Wildman–Crippen MR) is 43.8 cm³/mol. The van der Waals surface area contributed by atoms with Crippen LogP contribution in [0.2, 0.25) is 0 Å². The molecule has 0 aliphatic carbocycles. The van der Waals surface area contributed by atoms with Gasteiger partial charge in [-0.1, -0.05) is 6.92 Å². The number of hydrogen-bond acceptors (Lipinski definition) is 5. The van der Waals surface area contributed by atoms with Crippen molar-refractivity contribution in [3.63, 3.8) is 0 Å². The Bertz CT molecular complexity index is 163. The third kappa shape index (κ3) is 2.00. The maximum atomic E-state index is 9.56. The van der Waals surface area contributed by atoms with Crippen molar-refractivity contribution >= 4 is 0 Å². The molecule has 13 heavy (non-hydrogen) atoms. The van der Waals surface area contributed by atoms with Crippen molar-refractivity contribution in [1.82, 2.24) is 0 Å². The molecule has 1 aliphatic heterocycles. The summed E-state index contributed by atoms with van der Waals surface area (Å²) in [5.74, 6) is -0.444. The van der Waals surface area contributed by atoms with Crippen LogP contribution < -0.4 is 0 Å². The molecule has 0 spiro atoms. The van der Waals surface area contributed by atoms with Gasteiger partial charge in [0.1, 0.15) is 12.2 Å². The van der Waals surface area contributed by atoms with Crippen LogP contribution in [0.15, 0.2) is 0 Å². The summed E-state index contributed by atoms with van der Waals surface area (Å²) in [4.78, 5) is 0. The molecule has 5 atom stereocenters. The fourth-order valence-corrected chi connectivity index (χ4v) is 1.66. The molecule has 5 unspecified atom stereocenters. The number of rotatable bonds is 2.